The summed E-state index contributed by atoms with van der Waals surface area (Å²) in [4.78, 5) is 4.46. The predicted molar refractivity (Wildman–Crippen MR) is 131 cm³/mol. The number of ether oxygens (including phenoxy) is 1. The molecular weight excluding hydrogens is 432 g/mol. The van der Waals surface area contributed by atoms with Crippen LogP contribution in [0.25, 0.3) is 22.6 Å². The van der Waals surface area contributed by atoms with E-state index in [0.717, 1.165) is 35.8 Å². The van der Waals surface area contributed by atoms with Gasteiger partial charge >= 0.3 is 6.11 Å². The van der Waals surface area contributed by atoms with Crippen LogP contribution in [0, 0.1) is 23.7 Å². The molecule has 182 valence electrons. The minimum atomic E-state index is -3.15. The van der Waals surface area contributed by atoms with Gasteiger partial charge in [0.05, 0.1) is 5.92 Å². The van der Waals surface area contributed by atoms with Crippen molar-refractivity contribution in [1.29, 1.82) is 0 Å². The van der Waals surface area contributed by atoms with Gasteiger partial charge in [0.25, 0.3) is 0 Å². The second-order valence-corrected chi connectivity index (χ2v) is 10.4. The van der Waals surface area contributed by atoms with Crippen LogP contribution in [0.2, 0.25) is 0 Å². The van der Waals surface area contributed by atoms with Gasteiger partial charge < -0.3 is 9.15 Å². The molecule has 0 atom stereocenters. The number of halogens is 2. The average molecular weight is 468 g/mol. The molecule has 0 radical (unpaired) electrons. The van der Waals surface area contributed by atoms with Crippen molar-refractivity contribution < 1.29 is 17.9 Å². The van der Waals surface area contributed by atoms with Gasteiger partial charge in [-0.05, 0) is 92.7 Å². The first-order valence-corrected chi connectivity index (χ1v) is 13.0. The molecule has 2 fully saturated rings. The van der Waals surface area contributed by atoms with E-state index in [1.807, 2.05) is 24.3 Å². The lowest BCUT2D eigenvalue weighted by Crippen LogP contribution is -2.38. The number of hydrogen-bond donors (Lipinski definition) is 0. The summed E-state index contributed by atoms with van der Waals surface area (Å²) in [6.07, 6.45) is 7.62. The Hall–Kier alpha value is -2.43. The Labute approximate surface area is 200 Å². The lowest BCUT2D eigenvalue weighted by atomic mass is 9.68. The van der Waals surface area contributed by atoms with Crippen LogP contribution in [0.4, 0.5) is 8.78 Å². The van der Waals surface area contributed by atoms with Crippen molar-refractivity contribution in [2.75, 3.05) is 0 Å². The fourth-order valence-corrected chi connectivity index (χ4v) is 6.18. The number of rotatable bonds is 7. The zero-order valence-corrected chi connectivity index (χ0v) is 20.0. The number of nitrogens with zero attached hydrogens (tertiary/aromatic N) is 1. The maximum atomic E-state index is 15.0. The van der Waals surface area contributed by atoms with E-state index in [1.165, 1.54) is 38.5 Å². The largest absolute Gasteiger partial charge is 0.436 e. The summed E-state index contributed by atoms with van der Waals surface area (Å²) in [7, 11) is 0. The molecule has 2 aromatic carbocycles. The zero-order chi connectivity index (χ0) is 23.5. The van der Waals surface area contributed by atoms with Crippen molar-refractivity contribution in [3.63, 3.8) is 0 Å². The van der Waals surface area contributed by atoms with Gasteiger partial charge in [-0.25, -0.2) is 4.98 Å². The second kappa shape index (κ2) is 10.1. The maximum Gasteiger partial charge on any atom is 0.400 e. The van der Waals surface area contributed by atoms with Crippen LogP contribution in [0.1, 0.15) is 71.1 Å². The SMILES string of the molecule is CCCC1CCC(C2CCC(C(F)(F)Oc3ccc(-c4nc5ccccc5o4)cc3)CC2)CC1. The smallest absolute Gasteiger partial charge is 0.400 e. The number of hydrogen-bond acceptors (Lipinski definition) is 3. The average Bonchev–Trinajstić information content (AvgIpc) is 3.29. The van der Waals surface area contributed by atoms with Crippen molar-refractivity contribution in [3.8, 4) is 17.2 Å². The van der Waals surface area contributed by atoms with Gasteiger partial charge in [0, 0.05) is 5.56 Å². The second-order valence-electron chi connectivity index (χ2n) is 10.4. The molecule has 2 aliphatic rings. The van der Waals surface area contributed by atoms with E-state index in [-0.39, 0.29) is 5.75 Å². The molecular formula is C29H35F2NO2. The number of alkyl halides is 2. The summed E-state index contributed by atoms with van der Waals surface area (Å²) in [6, 6.07) is 14.1. The summed E-state index contributed by atoms with van der Waals surface area (Å²) >= 11 is 0. The van der Waals surface area contributed by atoms with E-state index < -0.39 is 12.0 Å². The lowest BCUT2D eigenvalue weighted by molar-refractivity contribution is -0.224. The van der Waals surface area contributed by atoms with E-state index in [2.05, 4.69) is 11.9 Å². The molecule has 1 heterocycles. The third kappa shape index (κ3) is 5.13. The molecule has 3 nitrogen and oxygen atoms in total. The molecule has 0 spiro atoms. The standard InChI is InChI=1S/C29H35F2NO2/c1-2-5-20-8-10-21(11-9-20)22-12-16-24(17-13-22)29(30,31)34-25-18-14-23(15-19-25)28-32-26-6-3-4-7-27(26)33-28/h3-4,6-7,14-15,18-22,24H,2,5,8-13,16-17H2,1H3. The van der Waals surface area contributed by atoms with Gasteiger partial charge in [0.1, 0.15) is 11.3 Å². The highest BCUT2D eigenvalue weighted by molar-refractivity contribution is 5.76. The molecule has 34 heavy (non-hydrogen) atoms. The highest BCUT2D eigenvalue weighted by Crippen LogP contribution is 2.46. The first-order valence-electron chi connectivity index (χ1n) is 13.0. The van der Waals surface area contributed by atoms with E-state index in [1.54, 1.807) is 24.3 Å². The molecule has 2 saturated carbocycles. The summed E-state index contributed by atoms with van der Waals surface area (Å²) in [5.41, 5.74) is 2.21. The van der Waals surface area contributed by atoms with Crippen LogP contribution in [0.5, 0.6) is 5.75 Å². The first kappa shape index (κ1) is 23.3. The van der Waals surface area contributed by atoms with E-state index >= 15 is 8.78 Å². The number of fused-ring (bicyclic) bond motifs is 1. The fourth-order valence-electron chi connectivity index (χ4n) is 6.18. The maximum absolute atomic E-state index is 15.0. The molecule has 0 aliphatic heterocycles. The van der Waals surface area contributed by atoms with Crippen molar-refractivity contribution >= 4 is 11.1 Å². The lowest BCUT2D eigenvalue weighted by Gasteiger charge is -2.39. The molecule has 1 aromatic heterocycles. The Morgan fingerprint density at radius 3 is 2.18 bits per heavy atom. The first-order chi connectivity index (χ1) is 16.5. The zero-order valence-electron chi connectivity index (χ0n) is 20.0. The van der Waals surface area contributed by atoms with Crippen LogP contribution >= 0.6 is 0 Å². The van der Waals surface area contributed by atoms with Crippen LogP contribution < -0.4 is 4.74 Å². The molecule has 3 aromatic rings. The highest BCUT2D eigenvalue weighted by atomic mass is 19.3. The van der Waals surface area contributed by atoms with Gasteiger partial charge in [0.2, 0.25) is 5.89 Å². The van der Waals surface area contributed by atoms with Crippen molar-refractivity contribution in [2.45, 2.75) is 77.2 Å². The number of aromatic nitrogens is 1. The van der Waals surface area contributed by atoms with Crippen molar-refractivity contribution in [2.24, 2.45) is 23.7 Å². The molecule has 0 N–H and O–H groups in total. The Morgan fingerprint density at radius 2 is 1.53 bits per heavy atom. The monoisotopic (exact) mass is 467 g/mol. The topological polar surface area (TPSA) is 35.3 Å². The number of benzene rings is 2. The molecule has 0 bridgehead atoms. The Morgan fingerprint density at radius 1 is 0.882 bits per heavy atom. The summed E-state index contributed by atoms with van der Waals surface area (Å²) < 4.78 is 41.0. The highest BCUT2D eigenvalue weighted by Gasteiger charge is 2.45. The molecule has 5 heteroatoms. The Balaban J connectivity index is 1.15. The van der Waals surface area contributed by atoms with Gasteiger partial charge in [0.15, 0.2) is 5.58 Å². The molecule has 5 rings (SSSR count). The number of oxazole rings is 1. The summed E-state index contributed by atoms with van der Waals surface area (Å²) in [6.45, 7) is 2.27. The minimum absolute atomic E-state index is 0.182. The van der Waals surface area contributed by atoms with Crippen LogP contribution in [-0.4, -0.2) is 11.1 Å². The predicted octanol–water partition coefficient (Wildman–Crippen LogP) is 8.88. The Kier molecular flexibility index (Phi) is 6.89. The molecule has 0 unspecified atom stereocenters. The summed E-state index contributed by atoms with van der Waals surface area (Å²) in [5.74, 6) is 2.19. The number of para-hydroxylation sites is 2. The quantitative estimate of drug-likeness (QED) is 0.348. The van der Waals surface area contributed by atoms with Crippen LogP contribution in [0.3, 0.4) is 0 Å². The summed E-state index contributed by atoms with van der Waals surface area (Å²) in [5, 5.41) is 0. The molecule has 2 aliphatic carbocycles. The fraction of sp³-hybridized carbons (Fsp3) is 0.552. The van der Waals surface area contributed by atoms with Crippen molar-refractivity contribution in [1.82, 2.24) is 4.98 Å². The van der Waals surface area contributed by atoms with Gasteiger partial charge in [-0.2, -0.15) is 8.78 Å². The third-order valence-electron chi connectivity index (χ3n) is 8.15. The van der Waals surface area contributed by atoms with E-state index in [9.17, 15) is 0 Å². The molecule has 0 amide bonds. The van der Waals surface area contributed by atoms with E-state index in [4.69, 9.17) is 9.15 Å². The third-order valence-corrected chi connectivity index (χ3v) is 8.15. The van der Waals surface area contributed by atoms with E-state index in [0.29, 0.717) is 30.2 Å². The minimum Gasteiger partial charge on any atom is -0.436 e. The van der Waals surface area contributed by atoms with Crippen molar-refractivity contribution in [3.05, 3.63) is 48.5 Å². The van der Waals surface area contributed by atoms with Crippen LogP contribution in [-0.2, 0) is 0 Å². The van der Waals surface area contributed by atoms with Gasteiger partial charge in [-0.15, -0.1) is 0 Å². The molecule has 0 saturated heterocycles. The Bertz CT molecular complexity index is 1030. The van der Waals surface area contributed by atoms with Gasteiger partial charge in [-0.3, -0.25) is 0 Å². The normalized spacial score (nSPS) is 26.0. The van der Waals surface area contributed by atoms with Gasteiger partial charge in [-0.1, -0.05) is 44.7 Å². The van der Waals surface area contributed by atoms with Crippen LogP contribution in [0.15, 0.2) is 52.9 Å².